The second-order valence-corrected chi connectivity index (χ2v) is 6.40. The lowest BCUT2D eigenvalue weighted by Crippen LogP contribution is -3.11. The number of likely N-dealkylation sites (N-methyl/N-ethyl adjacent to an activating group) is 1. The molecule has 1 saturated heterocycles. The molecule has 25 heavy (non-hydrogen) atoms. The molecule has 1 unspecified atom stereocenters. The van der Waals surface area contributed by atoms with Crippen LogP contribution in [-0.2, 0) is 14.4 Å². The van der Waals surface area contributed by atoms with Crippen molar-refractivity contribution in [3.8, 4) is 0 Å². The SMILES string of the molecule is CCCNC(=O)C[NH+](C)CC(=O)Nc1ccc(N2CCCC2=O)cc1. The molecule has 1 aliphatic rings. The molecule has 1 atom stereocenters. The minimum Gasteiger partial charge on any atom is -0.351 e. The van der Waals surface area contributed by atoms with Crippen molar-refractivity contribution in [1.29, 1.82) is 0 Å². The third-order valence-corrected chi connectivity index (χ3v) is 4.03. The number of carbonyl (C=O) groups excluding carboxylic acids is 3. The molecule has 7 heteroatoms. The van der Waals surface area contributed by atoms with Gasteiger partial charge in [-0.05, 0) is 37.1 Å². The number of nitrogens with one attached hydrogen (secondary N) is 3. The van der Waals surface area contributed by atoms with Gasteiger partial charge in [0.05, 0.1) is 7.05 Å². The van der Waals surface area contributed by atoms with E-state index in [9.17, 15) is 14.4 Å². The number of hydrogen-bond acceptors (Lipinski definition) is 3. The van der Waals surface area contributed by atoms with Crippen molar-refractivity contribution >= 4 is 29.1 Å². The highest BCUT2D eigenvalue weighted by molar-refractivity contribution is 5.96. The Kier molecular flexibility index (Phi) is 6.94. The van der Waals surface area contributed by atoms with Gasteiger partial charge in [-0.15, -0.1) is 0 Å². The summed E-state index contributed by atoms with van der Waals surface area (Å²) in [5.74, 6) is -0.0547. The van der Waals surface area contributed by atoms with Gasteiger partial charge in [0.1, 0.15) is 0 Å². The largest absolute Gasteiger partial charge is 0.351 e. The molecule has 1 fully saturated rings. The predicted octanol–water partition coefficient (Wildman–Crippen LogP) is -0.207. The average molecular weight is 347 g/mol. The lowest BCUT2D eigenvalue weighted by atomic mass is 10.2. The highest BCUT2D eigenvalue weighted by atomic mass is 16.2. The summed E-state index contributed by atoms with van der Waals surface area (Å²) >= 11 is 0. The molecule has 1 aliphatic heterocycles. The van der Waals surface area contributed by atoms with Crippen LogP contribution in [0.4, 0.5) is 11.4 Å². The summed E-state index contributed by atoms with van der Waals surface area (Å²) < 4.78 is 0. The Bertz CT molecular complexity index is 615. The molecule has 7 nitrogen and oxygen atoms in total. The van der Waals surface area contributed by atoms with Crippen molar-refractivity contribution in [1.82, 2.24) is 5.32 Å². The lowest BCUT2D eigenvalue weighted by Gasteiger charge is -2.16. The summed E-state index contributed by atoms with van der Waals surface area (Å²) in [6.07, 6.45) is 2.38. The highest BCUT2D eigenvalue weighted by Crippen LogP contribution is 2.22. The number of carbonyl (C=O) groups is 3. The van der Waals surface area contributed by atoms with Crippen LogP contribution in [0.15, 0.2) is 24.3 Å². The maximum absolute atomic E-state index is 12.1. The second kappa shape index (κ2) is 9.17. The molecule has 3 amide bonds. The maximum Gasteiger partial charge on any atom is 0.279 e. The Labute approximate surface area is 148 Å². The van der Waals surface area contributed by atoms with Crippen LogP contribution in [0.1, 0.15) is 26.2 Å². The summed E-state index contributed by atoms with van der Waals surface area (Å²) in [5.41, 5.74) is 1.54. The zero-order valence-corrected chi connectivity index (χ0v) is 14.9. The third-order valence-electron chi connectivity index (χ3n) is 4.03. The van der Waals surface area contributed by atoms with Crippen molar-refractivity contribution in [2.24, 2.45) is 0 Å². The number of amides is 3. The van der Waals surface area contributed by atoms with Gasteiger partial charge in [0.15, 0.2) is 13.1 Å². The van der Waals surface area contributed by atoms with Crippen molar-refractivity contribution in [3.05, 3.63) is 24.3 Å². The van der Waals surface area contributed by atoms with Crippen molar-refractivity contribution in [3.63, 3.8) is 0 Å². The summed E-state index contributed by atoms with van der Waals surface area (Å²) in [4.78, 5) is 38.0. The number of hydrogen-bond donors (Lipinski definition) is 3. The Balaban J connectivity index is 1.80. The summed E-state index contributed by atoms with van der Waals surface area (Å²) in [6.45, 7) is 3.88. The van der Waals surface area contributed by atoms with Crippen molar-refractivity contribution in [2.75, 3.05) is 43.4 Å². The summed E-state index contributed by atoms with van der Waals surface area (Å²) in [6, 6.07) is 7.27. The van der Waals surface area contributed by atoms with E-state index in [0.717, 1.165) is 30.0 Å². The fourth-order valence-electron chi connectivity index (χ4n) is 2.79. The Hall–Kier alpha value is -2.41. The maximum atomic E-state index is 12.1. The van der Waals surface area contributed by atoms with E-state index in [1.54, 1.807) is 17.0 Å². The summed E-state index contributed by atoms with van der Waals surface area (Å²) in [5, 5.41) is 5.62. The first-order chi connectivity index (χ1) is 12.0. The van der Waals surface area contributed by atoms with Crippen molar-refractivity contribution in [2.45, 2.75) is 26.2 Å². The van der Waals surface area contributed by atoms with E-state index in [1.165, 1.54) is 0 Å². The van der Waals surface area contributed by atoms with Gasteiger partial charge in [-0.1, -0.05) is 6.92 Å². The van der Waals surface area contributed by atoms with Crippen LogP contribution in [-0.4, -0.2) is 50.9 Å². The fraction of sp³-hybridized carbons (Fsp3) is 0.500. The Morgan fingerprint density at radius 2 is 1.84 bits per heavy atom. The van der Waals surface area contributed by atoms with Crippen molar-refractivity contribution < 1.29 is 19.3 Å². The fourth-order valence-corrected chi connectivity index (χ4v) is 2.79. The van der Waals surface area contributed by atoms with E-state index < -0.39 is 0 Å². The van der Waals surface area contributed by atoms with E-state index in [1.807, 2.05) is 26.1 Å². The molecular weight excluding hydrogens is 320 g/mol. The van der Waals surface area contributed by atoms with E-state index in [2.05, 4.69) is 10.6 Å². The standard InChI is InChI=1S/C18H26N4O3/c1-3-10-19-16(23)12-21(2)13-17(24)20-14-6-8-15(9-7-14)22-11-4-5-18(22)25/h6-9H,3-5,10-13H2,1-2H3,(H,19,23)(H,20,24)/p+1. The molecule has 136 valence electrons. The van der Waals surface area contributed by atoms with Crippen LogP contribution < -0.4 is 20.4 Å². The molecule has 0 radical (unpaired) electrons. The Morgan fingerprint density at radius 1 is 1.16 bits per heavy atom. The first kappa shape index (κ1) is 18.9. The number of quaternary nitrogens is 1. The van der Waals surface area contributed by atoms with Crippen LogP contribution >= 0.6 is 0 Å². The van der Waals surface area contributed by atoms with Gasteiger partial charge in [0, 0.05) is 30.9 Å². The van der Waals surface area contributed by atoms with Crippen LogP contribution in [0, 0.1) is 0 Å². The smallest absolute Gasteiger partial charge is 0.279 e. The highest BCUT2D eigenvalue weighted by Gasteiger charge is 2.21. The van der Waals surface area contributed by atoms with Gasteiger partial charge in [0.2, 0.25) is 5.91 Å². The van der Waals surface area contributed by atoms with Gasteiger partial charge in [-0.2, -0.15) is 0 Å². The first-order valence-electron chi connectivity index (χ1n) is 8.78. The first-order valence-corrected chi connectivity index (χ1v) is 8.78. The van der Waals surface area contributed by atoms with Crippen LogP contribution in [0.3, 0.4) is 0 Å². The minimum absolute atomic E-state index is 0.0493. The second-order valence-electron chi connectivity index (χ2n) is 6.40. The number of benzene rings is 1. The quantitative estimate of drug-likeness (QED) is 0.609. The molecule has 1 heterocycles. The Morgan fingerprint density at radius 3 is 2.44 bits per heavy atom. The molecule has 2 rings (SSSR count). The van der Waals surface area contributed by atoms with E-state index in [4.69, 9.17) is 0 Å². The number of nitrogens with zero attached hydrogens (tertiary/aromatic N) is 1. The molecule has 1 aromatic carbocycles. The minimum atomic E-state index is -0.147. The van der Waals surface area contributed by atoms with E-state index in [0.29, 0.717) is 18.7 Å². The monoisotopic (exact) mass is 347 g/mol. The van der Waals surface area contributed by atoms with Gasteiger partial charge >= 0.3 is 0 Å². The van der Waals surface area contributed by atoms with Gasteiger partial charge < -0.3 is 20.4 Å². The molecule has 1 aromatic rings. The zero-order chi connectivity index (χ0) is 18.2. The predicted molar refractivity (Wildman–Crippen MR) is 96.6 cm³/mol. The lowest BCUT2D eigenvalue weighted by molar-refractivity contribution is -0.862. The van der Waals surface area contributed by atoms with Crippen LogP contribution in [0.25, 0.3) is 0 Å². The van der Waals surface area contributed by atoms with E-state index >= 15 is 0 Å². The van der Waals surface area contributed by atoms with Crippen LogP contribution in [0.2, 0.25) is 0 Å². The normalized spacial score (nSPS) is 15.1. The van der Waals surface area contributed by atoms with Gasteiger partial charge in [0.25, 0.3) is 11.8 Å². The van der Waals surface area contributed by atoms with Gasteiger partial charge in [-0.3, -0.25) is 14.4 Å². The molecular formula is C18H27N4O3+. The van der Waals surface area contributed by atoms with E-state index in [-0.39, 0.29) is 30.8 Å². The summed E-state index contributed by atoms with van der Waals surface area (Å²) in [7, 11) is 1.81. The molecule has 3 N–H and O–H groups in total. The zero-order valence-electron chi connectivity index (χ0n) is 14.9. The van der Waals surface area contributed by atoms with Crippen LogP contribution in [0.5, 0.6) is 0 Å². The number of anilines is 2. The molecule has 0 aromatic heterocycles. The third kappa shape index (κ3) is 5.86. The molecule has 0 aliphatic carbocycles. The molecule has 0 bridgehead atoms. The molecule has 0 spiro atoms. The average Bonchev–Trinajstić information content (AvgIpc) is 2.99. The van der Waals surface area contributed by atoms with Gasteiger partial charge in [-0.25, -0.2) is 0 Å². The molecule has 0 saturated carbocycles. The number of rotatable bonds is 8. The topological polar surface area (TPSA) is 82.9 Å².